The molecule has 1 unspecified atom stereocenters. The fourth-order valence-electron chi connectivity index (χ4n) is 1.84. The van der Waals surface area contributed by atoms with Crippen LogP contribution in [-0.4, -0.2) is 19.2 Å². The Labute approximate surface area is 99.1 Å². The Balaban J connectivity index is 1.91. The summed E-state index contributed by atoms with van der Waals surface area (Å²) in [6.45, 7) is 4.19. The van der Waals surface area contributed by atoms with Gasteiger partial charge in [0, 0.05) is 17.4 Å². The zero-order valence-corrected chi connectivity index (χ0v) is 10.5. The number of nitrogens with one attached hydrogen (secondary N) is 1. The second-order valence-electron chi connectivity index (χ2n) is 3.90. The molecule has 0 saturated heterocycles. The first-order chi connectivity index (χ1) is 7.29. The van der Waals surface area contributed by atoms with Gasteiger partial charge in [0.25, 0.3) is 0 Å². The molecule has 1 aromatic rings. The minimum absolute atomic E-state index is 0.306. The normalized spacial score (nSPS) is 18.7. The highest BCUT2D eigenvalue weighted by atomic mass is 79.9. The van der Waals surface area contributed by atoms with E-state index in [4.69, 9.17) is 4.74 Å². The van der Waals surface area contributed by atoms with Crippen LogP contribution >= 0.6 is 15.9 Å². The van der Waals surface area contributed by atoms with Gasteiger partial charge in [0.2, 0.25) is 0 Å². The van der Waals surface area contributed by atoms with Crippen LogP contribution in [0.5, 0.6) is 5.75 Å². The van der Waals surface area contributed by atoms with E-state index in [1.54, 1.807) is 0 Å². The minimum atomic E-state index is 0.306. The number of hydrogen-bond acceptors (Lipinski definition) is 2. The van der Waals surface area contributed by atoms with E-state index in [1.807, 2.05) is 12.1 Å². The van der Waals surface area contributed by atoms with E-state index in [9.17, 15) is 0 Å². The van der Waals surface area contributed by atoms with Crippen molar-refractivity contribution in [3.63, 3.8) is 0 Å². The second kappa shape index (κ2) is 4.99. The molecule has 3 heteroatoms. The van der Waals surface area contributed by atoms with Gasteiger partial charge in [0.15, 0.2) is 0 Å². The van der Waals surface area contributed by atoms with Crippen LogP contribution in [-0.2, 0) is 6.42 Å². The Bertz CT molecular complexity index is 340. The predicted octanol–water partition coefficient (Wildman–Crippen LogP) is 2.75. The molecule has 2 nitrogen and oxygen atoms in total. The van der Waals surface area contributed by atoms with Gasteiger partial charge in [-0.15, -0.1) is 0 Å². The van der Waals surface area contributed by atoms with Crippen LogP contribution in [0.2, 0.25) is 0 Å². The van der Waals surface area contributed by atoms with Crippen molar-refractivity contribution in [2.75, 3.05) is 13.1 Å². The maximum Gasteiger partial charge on any atom is 0.123 e. The number of benzene rings is 1. The summed E-state index contributed by atoms with van der Waals surface area (Å²) in [6.07, 6.45) is 2.50. The summed E-state index contributed by atoms with van der Waals surface area (Å²) in [7, 11) is 0. The van der Waals surface area contributed by atoms with E-state index in [1.165, 1.54) is 12.0 Å². The molecule has 2 rings (SSSR count). The average molecular weight is 270 g/mol. The SMILES string of the molecule is CCCNCC1Cc2cc(Br)ccc2O1. The van der Waals surface area contributed by atoms with Crippen LogP contribution < -0.4 is 10.1 Å². The van der Waals surface area contributed by atoms with Gasteiger partial charge in [-0.3, -0.25) is 0 Å². The minimum Gasteiger partial charge on any atom is -0.488 e. The van der Waals surface area contributed by atoms with Gasteiger partial charge in [-0.25, -0.2) is 0 Å². The summed E-state index contributed by atoms with van der Waals surface area (Å²) in [5.41, 5.74) is 1.31. The van der Waals surface area contributed by atoms with Crippen molar-refractivity contribution in [1.82, 2.24) is 5.32 Å². The molecule has 1 heterocycles. The number of hydrogen-bond donors (Lipinski definition) is 1. The summed E-state index contributed by atoms with van der Waals surface area (Å²) >= 11 is 3.48. The molecule has 0 amide bonds. The molecule has 0 spiro atoms. The number of rotatable bonds is 4. The lowest BCUT2D eigenvalue weighted by atomic mass is 10.1. The molecule has 1 aromatic carbocycles. The van der Waals surface area contributed by atoms with Gasteiger partial charge in [0.1, 0.15) is 11.9 Å². The molecular formula is C12H16BrNO. The molecule has 0 aromatic heterocycles. The molecule has 0 saturated carbocycles. The van der Waals surface area contributed by atoms with Gasteiger partial charge in [-0.2, -0.15) is 0 Å². The van der Waals surface area contributed by atoms with Crippen molar-refractivity contribution < 1.29 is 4.74 Å². The second-order valence-corrected chi connectivity index (χ2v) is 4.82. The molecule has 1 N–H and O–H groups in total. The van der Waals surface area contributed by atoms with E-state index < -0.39 is 0 Å². The highest BCUT2D eigenvalue weighted by molar-refractivity contribution is 9.10. The van der Waals surface area contributed by atoms with Crippen molar-refractivity contribution in [3.8, 4) is 5.75 Å². The first-order valence-electron chi connectivity index (χ1n) is 5.45. The zero-order valence-electron chi connectivity index (χ0n) is 8.92. The smallest absolute Gasteiger partial charge is 0.123 e. The number of halogens is 1. The highest BCUT2D eigenvalue weighted by Gasteiger charge is 2.22. The van der Waals surface area contributed by atoms with Crippen molar-refractivity contribution in [1.29, 1.82) is 0 Å². The third-order valence-electron chi connectivity index (χ3n) is 2.56. The van der Waals surface area contributed by atoms with E-state index in [-0.39, 0.29) is 0 Å². The quantitative estimate of drug-likeness (QED) is 0.849. The molecule has 15 heavy (non-hydrogen) atoms. The molecule has 0 bridgehead atoms. The van der Waals surface area contributed by atoms with Gasteiger partial charge in [-0.05, 0) is 36.7 Å². The third kappa shape index (κ3) is 2.73. The van der Waals surface area contributed by atoms with Crippen LogP contribution in [0.15, 0.2) is 22.7 Å². The summed E-state index contributed by atoms with van der Waals surface area (Å²) in [4.78, 5) is 0. The summed E-state index contributed by atoms with van der Waals surface area (Å²) < 4.78 is 6.96. The maximum absolute atomic E-state index is 5.83. The summed E-state index contributed by atoms with van der Waals surface area (Å²) in [6, 6.07) is 6.22. The Morgan fingerprint density at radius 1 is 1.53 bits per heavy atom. The maximum atomic E-state index is 5.83. The number of ether oxygens (including phenoxy) is 1. The monoisotopic (exact) mass is 269 g/mol. The fraction of sp³-hybridized carbons (Fsp3) is 0.500. The highest BCUT2D eigenvalue weighted by Crippen LogP contribution is 2.30. The molecule has 0 aliphatic carbocycles. The zero-order chi connectivity index (χ0) is 10.7. The van der Waals surface area contributed by atoms with Crippen molar-refractivity contribution in [3.05, 3.63) is 28.2 Å². The molecule has 0 fully saturated rings. The van der Waals surface area contributed by atoms with Crippen LogP contribution in [0.3, 0.4) is 0 Å². The first-order valence-corrected chi connectivity index (χ1v) is 6.24. The van der Waals surface area contributed by atoms with Gasteiger partial charge < -0.3 is 10.1 Å². The Morgan fingerprint density at radius 2 is 2.40 bits per heavy atom. The van der Waals surface area contributed by atoms with E-state index in [2.05, 4.69) is 34.2 Å². The van der Waals surface area contributed by atoms with Crippen molar-refractivity contribution in [2.24, 2.45) is 0 Å². The predicted molar refractivity (Wildman–Crippen MR) is 65.4 cm³/mol. The van der Waals surface area contributed by atoms with Crippen LogP contribution in [0.4, 0.5) is 0 Å². The molecule has 1 aliphatic rings. The molecular weight excluding hydrogens is 254 g/mol. The van der Waals surface area contributed by atoms with Crippen molar-refractivity contribution in [2.45, 2.75) is 25.9 Å². The van der Waals surface area contributed by atoms with E-state index in [0.29, 0.717) is 6.10 Å². The fourth-order valence-corrected chi connectivity index (χ4v) is 2.25. The Kier molecular flexibility index (Phi) is 3.65. The van der Waals surface area contributed by atoms with Crippen LogP contribution in [0, 0.1) is 0 Å². The average Bonchev–Trinajstić information content (AvgIpc) is 2.60. The Morgan fingerprint density at radius 3 is 3.20 bits per heavy atom. The largest absolute Gasteiger partial charge is 0.488 e. The molecule has 82 valence electrons. The topological polar surface area (TPSA) is 21.3 Å². The summed E-state index contributed by atoms with van der Waals surface area (Å²) in [5.74, 6) is 1.04. The van der Waals surface area contributed by atoms with Crippen molar-refractivity contribution >= 4 is 15.9 Å². The third-order valence-corrected chi connectivity index (χ3v) is 3.06. The number of fused-ring (bicyclic) bond motifs is 1. The lowest BCUT2D eigenvalue weighted by molar-refractivity contribution is 0.228. The van der Waals surface area contributed by atoms with Crippen LogP contribution in [0.25, 0.3) is 0 Å². The van der Waals surface area contributed by atoms with Gasteiger partial charge in [-0.1, -0.05) is 22.9 Å². The standard InChI is InChI=1S/C12H16BrNO/c1-2-5-14-8-11-7-9-6-10(13)3-4-12(9)15-11/h3-4,6,11,14H,2,5,7-8H2,1H3. The molecule has 1 aliphatic heterocycles. The summed E-state index contributed by atoms with van der Waals surface area (Å²) in [5, 5.41) is 3.39. The Hall–Kier alpha value is -0.540. The van der Waals surface area contributed by atoms with E-state index >= 15 is 0 Å². The first kappa shape index (κ1) is 11.0. The van der Waals surface area contributed by atoms with Crippen LogP contribution in [0.1, 0.15) is 18.9 Å². The van der Waals surface area contributed by atoms with Gasteiger partial charge in [0.05, 0.1) is 0 Å². The molecule has 0 radical (unpaired) electrons. The van der Waals surface area contributed by atoms with Gasteiger partial charge >= 0.3 is 0 Å². The van der Waals surface area contributed by atoms with E-state index in [0.717, 1.165) is 29.7 Å². The molecule has 1 atom stereocenters. The lowest BCUT2D eigenvalue weighted by Gasteiger charge is -2.10. The lowest BCUT2D eigenvalue weighted by Crippen LogP contribution is -2.30.